The van der Waals surface area contributed by atoms with E-state index in [1.165, 1.54) is 0 Å². The first kappa shape index (κ1) is 22.8. The molecule has 0 saturated carbocycles. The molecule has 0 unspecified atom stereocenters. The topological polar surface area (TPSA) is 95.8 Å². The Labute approximate surface area is 183 Å². The molecule has 1 aliphatic rings. The Morgan fingerprint density at radius 2 is 2.10 bits per heavy atom. The normalized spacial score (nSPS) is 14.9. The molecule has 0 atom stereocenters. The molecule has 0 aliphatic carbocycles. The molecule has 2 aromatic rings. The van der Waals surface area contributed by atoms with Crippen LogP contribution in [-0.2, 0) is 22.6 Å². The van der Waals surface area contributed by atoms with Crippen LogP contribution in [0.15, 0.2) is 47.7 Å². The lowest BCUT2D eigenvalue weighted by atomic mass is 10.2. The van der Waals surface area contributed by atoms with Crippen LogP contribution in [-0.4, -0.2) is 72.5 Å². The Morgan fingerprint density at radius 3 is 2.87 bits per heavy atom. The smallest absolute Gasteiger partial charge is 0.246 e. The summed E-state index contributed by atoms with van der Waals surface area (Å²) in [4.78, 5) is 19.3. The number of aliphatic imine (C=N–C) groups is 1. The lowest BCUT2D eigenvalue weighted by Gasteiger charge is -2.26. The van der Waals surface area contributed by atoms with E-state index in [2.05, 4.69) is 37.9 Å². The van der Waals surface area contributed by atoms with Crippen LogP contribution in [0.1, 0.15) is 18.9 Å². The number of carbonyl (C=O) groups excluding carboxylic acids is 1. The van der Waals surface area contributed by atoms with Crippen molar-refractivity contribution in [2.24, 2.45) is 4.99 Å². The van der Waals surface area contributed by atoms with Gasteiger partial charge in [-0.15, -0.1) is 0 Å². The van der Waals surface area contributed by atoms with Crippen LogP contribution >= 0.6 is 0 Å². The molecule has 0 radical (unpaired) electrons. The number of morpholine rings is 1. The average Bonchev–Trinajstić information content (AvgIpc) is 3.29. The van der Waals surface area contributed by atoms with Crippen molar-refractivity contribution in [1.82, 2.24) is 25.3 Å². The van der Waals surface area contributed by atoms with E-state index in [9.17, 15) is 4.79 Å². The average molecular weight is 428 g/mol. The number of ether oxygens (including phenoxy) is 1. The van der Waals surface area contributed by atoms with E-state index in [1.807, 2.05) is 24.3 Å². The molecule has 31 heavy (non-hydrogen) atoms. The molecule has 3 rings (SSSR count). The van der Waals surface area contributed by atoms with Gasteiger partial charge in [-0.3, -0.25) is 14.4 Å². The number of anilines is 1. The molecule has 168 valence electrons. The molecule has 2 heterocycles. The molecule has 1 aromatic heterocycles. The number of carbonyl (C=O) groups is 1. The highest BCUT2D eigenvalue weighted by atomic mass is 16.5. The quantitative estimate of drug-likeness (QED) is 0.301. The first-order valence-electron chi connectivity index (χ1n) is 10.9. The minimum Gasteiger partial charge on any atom is -0.379 e. The van der Waals surface area contributed by atoms with Crippen LogP contribution in [0.3, 0.4) is 0 Å². The number of nitrogens with zero attached hydrogens (tertiary/aromatic N) is 4. The molecule has 0 spiro atoms. The Balaban J connectivity index is 1.45. The standard InChI is InChI=1S/C22H33N7O2/c1-2-23-22(24-8-4-10-28-12-14-31-15-13-28)25-17-19-6-3-7-20(16-19)27-21(30)18-29-11-5-9-26-29/h3,5-7,9,11,16H,2,4,8,10,12-15,17-18H2,1H3,(H,27,30)(H2,23,24,25). The molecular formula is C22H33N7O2. The monoisotopic (exact) mass is 427 g/mol. The first-order valence-corrected chi connectivity index (χ1v) is 10.9. The van der Waals surface area contributed by atoms with Crippen molar-refractivity contribution in [2.75, 3.05) is 51.3 Å². The van der Waals surface area contributed by atoms with Gasteiger partial charge in [0.05, 0.1) is 19.8 Å². The second-order valence-electron chi connectivity index (χ2n) is 7.38. The number of rotatable bonds is 10. The highest BCUT2D eigenvalue weighted by molar-refractivity contribution is 5.90. The van der Waals surface area contributed by atoms with E-state index in [4.69, 9.17) is 4.74 Å². The highest BCUT2D eigenvalue weighted by Gasteiger charge is 2.09. The largest absolute Gasteiger partial charge is 0.379 e. The Hall–Kier alpha value is -2.91. The van der Waals surface area contributed by atoms with Crippen LogP contribution in [0, 0.1) is 0 Å². The van der Waals surface area contributed by atoms with Gasteiger partial charge in [0.15, 0.2) is 5.96 Å². The van der Waals surface area contributed by atoms with Crippen molar-refractivity contribution in [3.8, 4) is 0 Å². The van der Waals surface area contributed by atoms with Crippen molar-refractivity contribution in [1.29, 1.82) is 0 Å². The first-order chi connectivity index (χ1) is 15.2. The fourth-order valence-electron chi connectivity index (χ4n) is 3.34. The van der Waals surface area contributed by atoms with Crippen LogP contribution < -0.4 is 16.0 Å². The predicted molar refractivity (Wildman–Crippen MR) is 122 cm³/mol. The van der Waals surface area contributed by atoms with Crippen LogP contribution in [0.5, 0.6) is 0 Å². The zero-order valence-corrected chi connectivity index (χ0v) is 18.2. The number of benzene rings is 1. The Morgan fingerprint density at radius 1 is 1.23 bits per heavy atom. The summed E-state index contributed by atoms with van der Waals surface area (Å²) in [5.41, 5.74) is 1.79. The lowest BCUT2D eigenvalue weighted by molar-refractivity contribution is -0.116. The van der Waals surface area contributed by atoms with Gasteiger partial charge in [0, 0.05) is 44.3 Å². The molecule has 1 aliphatic heterocycles. The summed E-state index contributed by atoms with van der Waals surface area (Å²) in [6, 6.07) is 9.56. The Bertz CT molecular complexity index is 817. The molecule has 1 saturated heterocycles. The van der Waals surface area contributed by atoms with Crippen molar-refractivity contribution in [3.63, 3.8) is 0 Å². The van der Waals surface area contributed by atoms with E-state index in [-0.39, 0.29) is 12.5 Å². The molecule has 3 N–H and O–H groups in total. The summed E-state index contributed by atoms with van der Waals surface area (Å²) < 4.78 is 6.98. The zero-order valence-electron chi connectivity index (χ0n) is 18.2. The summed E-state index contributed by atoms with van der Waals surface area (Å²) in [7, 11) is 0. The van der Waals surface area contributed by atoms with E-state index in [0.717, 1.165) is 69.6 Å². The zero-order chi connectivity index (χ0) is 21.7. The van der Waals surface area contributed by atoms with E-state index in [1.54, 1.807) is 23.1 Å². The predicted octanol–water partition coefficient (Wildman–Crippen LogP) is 1.30. The molecule has 9 heteroatoms. The lowest BCUT2D eigenvalue weighted by Crippen LogP contribution is -2.40. The maximum Gasteiger partial charge on any atom is 0.246 e. The minimum atomic E-state index is -0.111. The summed E-state index contributed by atoms with van der Waals surface area (Å²) in [6.07, 6.45) is 4.48. The number of guanidine groups is 1. The van der Waals surface area contributed by atoms with Gasteiger partial charge in [0.2, 0.25) is 5.91 Å². The van der Waals surface area contributed by atoms with Gasteiger partial charge in [-0.25, -0.2) is 4.99 Å². The minimum absolute atomic E-state index is 0.111. The van der Waals surface area contributed by atoms with Gasteiger partial charge in [0.25, 0.3) is 0 Å². The van der Waals surface area contributed by atoms with Gasteiger partial charge in [-0.2, -0.15) is 5.10 Å². The van der Waals surface area contributed by atoms with Crippen molar-refractivity contribution in [3.05, 3.63) is 48.3 Å². The second-order valence-corrected chi connectivity index (χ2v) is 7.38. The molecule has 9 nitrogen and oxygen atoms in total. The molecule has 1 amide bonds. The van der Waals surface area contributed by atoms with E-state index >= 15 is 0 Å². The number of nitrogens with one attached hydrogen (secondary N) is 3. The van der Waals surface area contributed by atoms with Crippen LogP contribution in [0.2, 0.25) is 0 Å². The fourth-order valence-corrected chi connectivity index (χ4v) is 3.34. The SMILES string of the molecule is CCNC(=NCc1cccc(NC(=O)Cn2cccn2)c1)NCCCN1CCOCC1. The molecule has 1 fully saturated rings. The number of hydrogen-bond donors (Lipinski definition) is 3. The summed E-state index contributed by atoms with van der Waals surface area (Å²) in [5, 5.41) is 13.7. The highest BCUT2D eigenvalue weighted by Crippen LogP contribution is 2.12. The van der Waals surface area contributed by atoms with Crippen LogP contribution in [0.25, 0.3) is 0 Å². The van der Waals surface area contributed by atoms with Gasteiger partial charge in [-0.05, 0) is 43.7 Å². The maximum atomic E-state index is 12.2. The number of aromatic nitrogens is 2. The van der Waals surface area contributed by atoms with Gasteiger partial charge in [0.1, 0.15) is 6.54 Å². The summed E-state index contributed by atoms with van der Waals surface area (Å²) in [6.45, 7) is 9.21. The van der Waals surface area contributed by atoms with Crippen molar-refractivity contribution >= 4 is 17.6 Å². The van der Waals surface area contributed by atoms with Gasteiger partial charge in [-0.1, -0.05) is 12.1 Å². The Kier molecular flexibility index (Phi) is 9.33. The van der Waals surface area contributed by atoms with Gasteiger partial charge >= 0.3 is 0 Å². The summed E-state index contributed by atoms with van der Waals surface area (Å²) in [5.74, 6) is 0.692. The fraction of sp³-hybridized carbons (Fsp3) is 0.500. The van der Waals surface area contributed by atoms with Crippen molar-refractivity contribution in [2.45, 2.75) is 26.4 Å². The molecular weight excluding hydrogens is 394 g/mol. The third kappa shape index (κ3) is 8.39. The van der Waals surface area contributed by atoms with E-state index < -0.39 is 0 Å². The summed E-state index contributed by atoms with van der Waals surface area (Å²) >= 11 is 0. The number of amides is 1. The number of hydrogen-bond acceptors (Lipinski definition) is 5. The van der Waals surface area contributed by atoms with Gasteiger partial charge < -0.3 is 20.7 Å². The second kappa shape index (κ2) is 12.7. The third-order valence-corrected chi connectivity index (χ3v) is 4.89. The molecule has 1 aromatic carbocycles. The van der Waals surface area contributed by atoms with E-state index in [0.29, 0.717) is 6.54 Å². The third-order valence-electron chi connectivity index (χ3n) is 4.89. The maximum absolute atomic E-state index is 12.2. The van der Waals surface area contributed by atoms with Crippen molar-refractivity contribution < 1.29 is 9.53 Å². The van der Waals surface area contributed by atoms with Crippen LogP contribution in [0.4, 0.5) is 5.69 Å². The molecule has 0 bridgehead atoms.